The van der Waals surface area contributed by atoms with E-state index in [1.165, 1.54) is 25.1 Å². The van der Waals surface area contributed by atoms with Crippen molar-refractivity contribution in [3.8, 4) is 11.1 Å². The summed E-state index contributed by atoms with van der Waals surface area (Å²) >= 11 is 0. The highest BCUT2D eigenvalue weighted by Gasteiger charge is 2.25. The molecule has 0 radical (unpaired) electrons. The molecule has 2 aromatic rings. The topological polar surface area (TPSA) is 72.2 Å². The predicted molar refractivity (Wildman–Crippen MR) is 75.6 cm³/mol. The smallest absolute Gasteiger partial charge is 0.293 e. The number of carbonyl (C=O) groups is 1. The molecule has 21 heavy (non-hydrogen) atoms. The van der Waals surface area contributed by atoms with Gasteiger partial charge in [-0.25, -0.2) is 4.39 Å². The Morgan fingerprint density at radius 2 is 1.95 bits per heavy atom. The number of nitrogens with zero attached hydrogens (tertiary/aromatic N) is 1. The number of nitro benzene ring substituents is 1. The Balaban J connectivity index is 2.17. The van der Waals surface area contributed by atoms with E-state index in [9.17, 15) is 19.3 Å². The van der Waals surface area contributed by atoms with Crippen LogP contribution in [-0.2, 0) is 11.2 Å². The molecule has 1 N–H and O–H groups in total. The van der Waals surface area contributed by atoms with Crippen LogP contribution in [0.2, 0.25) is 0 Å². The molecule has 3 rings (SSSR count). The van der Waals surface area contributed by atoms with Crippen LogP contribution in [0, 0.1) is 15.9 Å². The lowest BCUT2D eigenvalue weighted by Gasteiger charge is -2.07. The van der Waals surface area contributed by atoms with Gasteiger partial charge in [-0.15, -0.1) is 0 Å². The summed E-state index contributed by atoms with van der Waals surface area (Å²) in [6.07, 6.45) is 0.493. The number of halogens is 1. The highest BCUT2D eigenvalue weighted by molar-refractivity contribution is 5.93. The van der Waals surface area contributed by atoms with Crippen molar-refractivity contribution >= 4 is 17.3 Å². The number of fused-ring (bicyclic) bond motifs is 3. The summed E-state index contributed by atoms with van der Waals surface area (Å²) in [5, 5.41) is 13.6. The fourth-order valence-electron chi connectivity index (χ4n) is 2.65. The molecule has 1 amide bonds. The Kier molecular flexibility index (Phi) is 2.94. The number of hydrogen-bond donors (Lipinski definition) is 1. The number of nitrogens with one attached hydrogen (secondary N) is 1. The first kappa shape index (κ1) is 13.2. The van der Waals surface area contributed by atoms with Gasteiger partial charge in [0.25, 0.3) is 5.69 Å². The Morgan fingerprint density at radius 1 is 1.24 bits per heavy atom. The van der Waals surface area contributed by atoms with E-state index in [-0.39, 0.29) is 23.1 Å². The second kappa shape index (κ2) is 4.66. The lowest BCUT2D eigenvalue weighted by Crippen LogP contribution is -2.08. The quantitative estimate of drug-likeness (QED) is 0.580. The molecular formula is C15H11FN2O3. The zero-order valence-corrected chi connectivity index (χ0v) is 11.1. The average molecular weight is 286 g/mol. The summed E-state index contributed by atoms with van der Waals surface area (Å²) in [6, 6.07) is 7.41. The first-order valence-corrected chi connectivity index (χ1v) is 6.33. The van der Waals surface area contributed by atoms with Crippen molar-refractivity contribution in [1.29, 1.82) is 0 Å². The largest absolute Gasteiger partial charge is 0.321 e. The molecule has 5 nitrogen and oxygen atoms in total. The van der Waals surface area contributed by atoms with E-state index in [1.807, 2.05) is 0 Å². The lowest BCUT2D eigenvalue weighted by atomic mass is 10.0. The Labute approximate surface area is 119 Å². The maximum absolute atomic E-state index is 13.3. The van der Waals surface area contributed by atoms with Crippen molar-refractivity contribution < 1.29 is 14.1 Å². The summed E-state index contributed by atoms with van der Waals surface area (Å²) in [4.78, 5) is 21.8. The maximum atomic E-state index is 13.3. The van der Waals surface area contributed by atoms with Crippen molar-refractivity contribution in [3.05, 3.63) is 57.4 Å². The second-order valence-electron chi connectivity index (χ2n) is 4.94. The minimum Gasteiger partial charge on any atom is -0.321 e. The Morgan fingerprint density at radius 3 is 2.62 bits per heavy atom. The van der Waals surface area contributed by atoms with Crippen molar-refractivity contribution in [1.82, 2.24) is 0 Å². The molecule has 0 aromatic heterocycles. The van der Waals surface area contributed by atoms with E-state index in [0.717, 1.165) is 16.7 Å². The van der Waals surface area contributed by atoms with Crippen LogP contribution in [0.1, 0.15) is 18.1 Å². The summed E-state index contributed by atoms with van der Waals surface area (Å²) < 4.78 is 13.3. The molecule has 0 aliphatic heterocycles. The third-order valence-electron chi connectivity index (χ3n) is 3.47. The van der Waals surface area contributed by atoms with Gasteiger partial charge in [-0.2, -0.15) is 0 Å². The molecular weight excluding hydrogens is 275 g/mol. The third-order valence-corrected chi connectivity index (χ3v) is 3.47. The minimum absolute atomic E-state index is 0.166. The molecule has 1 aliphatic carbocycles. The summed E-state index contributed by atoms with van der Waals surface area (Å²) in [6.45, 7) is 1.29. The SMILES string of the molecule is CC(=O)Nc1cc2c(cc1[N+](=O)[O-])-c1ccc(F)cc1C2. The molecule has 1 aliphatic rings. The summed E-state index contributed by atoms with van der Waals surface area (Å²) in [7, 11) is 0. The monoisotopic (exact) mass is 286 g/mol. The number of hydrogen-bond acceptors (Lipinski definition) is 3. The Hall–Kier alpha value is -2.76. The highest BCUT2D eigenvalue weighted by Crippen LogP contribution is 2.41. The van der Waals surface area contributed by atoms with Crippen LogP contribution in [0.15, 0.2) is 30.3 Å². The predicted octanol–water partition coefficient (Wildman–Crippen LogP) is 3.26. The molecule has 0 spiro atoms. The fraction of sp³-hybridized carbons (Fsp3) is 0.133. The molecule has 0 bridgehead atoms. The van der Waals surface area contributed by atoms with Gasteiger partial charge in [-0.1, -0.05) is 6.07 Å². The average Bonchev–Trinajstić information content (AvgIpc) is 2.72. The van der Waals surface area contributed by atoms with Gasteiger partial charge in [-0.05, 0) is 46.9 Å². The van der Waals surface area contributed by atoms with Crippen LogP contribution in [-0.4, -0.2) is 10.8 Å². The number of nitro groups is 1. The maximum Gasteiger partial charge on any atom is 0.293 e. The van der Waals surface area contributed by atoms with Gasteiger partial charge in [0.2, 0.25) is 5.91 Å². The van der Waals surface area contributed by atoms with Crippen LogP contribution >= 0.6 is 0 Å². The number of amides is 1. The molecule has 0 saturated carbocycles. The molecule has 0 atom stereocenters. The standard InChI is InChI=1S/C15H11FN2O3/c1-8(19)17-14-6-10-4-9-5-11(16)2-3-12(9)13(10)7-15(14)18(20)21/h2-3,5-7H,4H2,1H3,(H,17,19). The first-order chi connectivity index (χ1) is 9.95. The number of rotatable bonds is 2. The zero-order valence-electron chi connectivity index (χ0n) is 11.1. The summed E-state index contributed by atoms with van der Waals surface area (Å²) in [5.74, 6) is -0.710. The van der Waals surface area contributed by atoms with Gasteiger partial charge in [-0.3, -0.25) is 14.9 Å². The van der Waals surface area contributed by atoms with Crippen LogP contribution in [0.25, 0.3) is 11.1 Å². The van der Waals surface area contributed by atoms with Gasteiger partial charge in [0.05, 0.1) is 4.92 Å². The molecule has 0 heterocycles. The fourth-order valence-corrected chi connectivity index (χ4v) is 2.65. The third kappa shape index (κ3) is 2.24. The van der Waals surface area contributed by atoms with Gasteiger partial charge in [0.1, 0.15) is 11.5 Å². The van der Waals surface area contributed by atoms with E-state index in [2.05, 4.69) is 5.32 Å². The van der Waals surface area contributed by atoms with Crippen molar-refractivity contribution in [2.45, 2.75) is 13.3 Å². The van der Waals surface area contributed by atoms with Gasteiger partial charge in [0, 0.05) is 13.0 Å². The van der Waals surface area contributed by atoms with Crippen LogP contribution in [0.4, 0.5) is 15.8 Å². The van der Waals surface area contributed by atoms with Gasteiger partial charge < -0.3 is 5.32 Å². The van der Waals surface area contributed by atoms with E-state index in [1.54, 1.807) is 12.1 Å². The van der Waals surface area contributed by atoms with Crippen molar-refractivity contribution in [3.63, 3.8) is 0 Å². The van der Waals surface area contributed by atoms with Crippen LogP contribution in [0.3, 0.4) is 0 Å². The summed E-state index contributed by atoms with van der Waals surface area (Å²) in [5.41, 5.74) is 3.14. The van der Waals surface area contributed by atoms with Gasteiger partial charge >= 0.3 is 0 Å². The van der Waals surface area contributed by atoms with E-state index < -0.39 is 4.92 Å². The first-order valence-electron chi connectivity index (χ1n) is 6.33. The molecule has 0 fully saturated rings. The van der Waals surface area contributed by atoms with Gasteiger partial charge in [0.15, 0.2) is 0 Å². The highest BCUT2D eigenvalue weighted by atomic mass is 19.1. The molecule has 0 unspecified atom stereocenters. The van der Waals surface area contributed by atoms with Crippen molar-refractivity contribution in [2.75, 3.05) is 5.32 Å². The van der Waals surface area contributed by atoms with Crippen LogP contribution < -0.4 is 5.32 Å². The zero-order chi connectivity index (χ0) is 15.1. The molecule has 6 heteroatoms. The number of anilines is 1. The second-order valence-corrected chi connectivity index (χ2v) is 4.94. The van der Waals surface area contributed by atoms with Crippen molar-refractivity contribution in [2.24, 2.45) is 0 Å². The van der Waals surface area contributed by atoms with E-state index in [0.29, 0.717) is 12.0 Å². The number of benzene rings is 2. The van der Waals surface area contributed by atoms with E-state index in [4.69, 9.17) is 0 Å². The molecule has 0 saturated heterocycles. The number of carbonyl (C=O) groups excluding carboxylic acids is 1. The molecule has 2 aromatic carbocycles. The normalized spacial score (nSPS) is 11.7. The van der Waals surface area contributed by atoms with Crippen LogP contribution in [0.5, 0.6) is 0 Å². The lowest BCUT2D eigenvalue weighted by molar-refractivity contribution is -0.383. The van der Waals surface area contributed by atoms with E-state index >= 15 is 0 Å². The minimum atomic E-state index is -0.535. The molecule has 106 valence electrons. The Bertz CT molecular complexity index is 787.